The molecule has 3 amide bonds. The summed E-state index contributed by atoms with van der Waals surface area (Å²) in [5.41, 5.74) is 1.23. The molecule has 0 unspecified atom stereocenters. The van der Waals surface area contributed by atoms with Gasteiger partial charge in [0.15, 0.2) is 0 Å². The molecule has 0 aliphatic carbocycles. The van der Waals surface area contributed by atoms with Crippen LogP contribution in [0, 0.1) is 5.92 Å². The second-order valence-electron chi connectivity index (χ2n) is 7.80. The van der Waals surface area contributed by atoms with Crippen LogP contribution in [0.15, 0.2) is 30.3 Å². The smallest absolute Gasteiger partial charge is 0.319 e. The summed E-state index contributed by atoms with van der Waals surface area (Å²) in [7, 11) is 0. The third-order valence-corrected chi connectivity index (χ3v) is 5.92. The first-order valence-electron chi connectivity index (χ1n) is 10.8. The zero-order valence-corrected chi connectivity index (χ0v) is 17.1. The summed E-state index contributed by atoms with van der Waals surface area (Å²) in [5, 5.41) is 3.10. The van der Waals surface area contributed by atoms with Gasteiger partial charge in [-0.25, -0.2) is 4.79 Å². The first-order chi connectivity index (χ1) is 13.7. The Bertz CT molecular complexity index is 623. The predicted molar refractivity (Wildman–Crippen MR) is 112 cm³/mol. The fourth-order valence-electron chi connectivity index (χ4n) is 4.18. The van der Waals surface area contributed by atoms with Crippen molar-refractivity contribution in [1.82, 2.24) is 15.1 Å². The van der Waals surface area contributed by atoms with Crippen LogP contribution in [0.5, 0.6) is 0 Å². The number of urea groups is 1. The highest BCUT2D eigenvalue weighted by molar-refractivity contribution is 5.79. The number of carbonyl (C=O) groups is 2. The van der Waals surface area contributed by atoms with Crippen molar-refractivity contribution in [3.63, 3.8) is 0 Å². The molecule has 2 heterocycles. The van der Waals surface area contributed by atoms with Gasteiger partial charge in [0.2, 0.25) is 5.91 Å². The van der Waals surface area contributed by atoms with E-state index >= 15 is 0 Å². The molecule has 3 rings (SSSR count). The summed E-state index contributed by atoms with van der Waals surface area (Å²) in [4.78, 5) is 31.1. The Hall–Kier alpha value is -2.24. The maximum absolute atomic E-state index is 12.5. The molecule has 1 aromatic rings. The zero-order valence-electron chi connectivity index (χ0n) is 17.1. The Labute approximate surface area is 168 Å². The van der Waals surface area contributed by atoms with Gasteiger partial charge in [0.25, 0.3) is 0 Å². The molecule has 6 heteroatoms. The second-order valence-corrected chi connectivity index (χ2v) is 7.80. The third-order valence-electron chi connectivity index (χ3n) is 5.92. The van der Waals surface area contributed by atoms with Crippen LogP contribution >= 0.6 is 0 Å². The lowest BCUT2D eigenvalue weighted by Crippen LogP contribution is -2.47. The molecular weight excluding hydrogens is 352 g/mol. The molecule has 2 fully saturated rings. The van der Waals surface area contributed by atoms with Crippen molar-refractivity contribution in [3.05, 3.63) is 30.3 Å². The molecule has 0 atom stereocenters. The largest absolute Gasteiger partial charge is 0.372 e. The Morgan fingerprint density at radius 2 is 1.68 bits per heavy atom. The highest BCUT2D eigenvalue weighted by Gasteiger charge is 2.30. The number of carbonyl (C=O) groups excluding carboxylic acids is 2. The molecule has 0 aromatic heterocycles. The topological polar surface area (TPSA) is 55.9 Å². The fraction of sp³-hybridized carbons (Fsp3) is 0.636. The number of hydrogen-bond donors (Lipinski definition) is 1. The Morgan fingerprint density at radius 3 is 2.32 bits per heavy atom. The summed E-state index contributed by atoms with van der Waals surface area (Å²) in [5.74, 6) is 0.190. The van der Waals surface area contributed by atoms with Gasteiger partial charge in [-0.3, -0.25) is 4.79 Å². The molecule has 1 N–H and O–H groups in total. The molecule has 0 bridgehead atoms. The highest BCUT2D eigenvalue weighted by Crippen LogP contribution is 2.20. The van der Waals surface area contributed by atoms with Gasteiger partial charge in [0.05, 0.1) is 0 Å². The van der Waals surface area contributed by atoms with E-state index < -0.39 is 0 Å². The standard InChI is InChI=1S/C22H34N4O2/c1-2-24(20-9-4-3-5-10-20)16-8-13-23-21(27)19-11-17-26(18-12-19)22(28)25-14-6-7-15-25/h3-5,9-10,19H,2,6-8,11-18H2,1H3,(H,23,27). The van der Waals surface area contributed by atoms with Crippen molar-refractivity contribution in [2.75, 3.05) is 50.7 Å². The van der Waals surface area contributed by atoms with Crippen LogP contribution in [0.4, 0.5) is 10.5 Å². The molecule has 2 aliphatic rings. The molecule has 0 spiro atoms. The van der Waals surface area contributed by atoms with Crippen LogP contribution in [-0.4, -0.2) is 67.6 Å². The van der Waals surface area contributed by atoms with Crippen LogP contribution in [0.25, 0.3) is 0 Å². The number of piperidine rings is 1. The van der Waals surface area contributed by atoms with Crippen molar-refractivity contribution in [2.45, 2.75) is 39.0 Å². The van der Waals surface area contributed by atoms with Gasteiger partial charge in [-0.05, 0) is 51.2 Å². The van der Waals surface area contributed by atoms with Crippen LogP contribution < -0.4 is 10.2 Å². The van der Waals surface area contributed by atoms with Crippen molar-refractivity contribution < 1.29 is 9.59 Å². The lowest BCUT2D eigenvalue weighted by molar-refractivity contribution is -0.126. The zero-order chi connectivity index (χ0) is 19.8. The van der Waals surface area contributed by atoms with Gasteiger partial charge in [-0.2, -0.15) is 0 Å². The van der Waals surface area contributed by atoms with Crippen molar-refractivity contribution in [3.8, 4) is 0 Å². The fourth-order valence-corrected chi connectivity index (χ4v) is 4.18. The molecule has 154 valence electrons. The number of benzene rings is 1. The average molecular weight is 387 g/mol. The molecule has 0 saturated carbocycles. The SMILES string of the molecule is CCN(CCCNC(=O)C1CCN(C(=O)N2CCCC2)CC1)c1ccccc1. The van der Waals surface area contributed by atoms with Crippen LogP contribution in [0.2, 0.25) is 0 Å². The lowest BCUT2D eigenvalue weighted by Gasteiger charge is -2.34. The number of rotatable bonds is 7. The summed E-state index contributed by atoms with van der Waals surface area (Å²) in [6.07, 6.45) is 4.71. The quantitative estimate of drug-likeness (QED) is 0.733. The van der Waals surface area contributed by atoms with Crippen LogP contribution in [0.3, 0.4) is 0 Å². The van der Waals surface area contributed by atoms with E-state index in [9.17, 15) is 9.59 Å². The summed E-state index contributed by atoms with van der Waals surface area (Å²) < 4.78 is 0. The average Bonchev–Trinajstić information content (AvgIpc) is 3.29. The minimum absolute atomic E-state index is 0.0408. The van der Waals surface area contributed by atoms with E-state index in [1.165, 1.54) is 5.69 Å². The number of amides is 3. The molecule has 28 heavy (non-hydrogen) atoms. The number of para-hydroxylation sites is 1. The van der Waals surface area contributed by atoms with Gasteiger partial charge in [0, 0.05) is 57.4 Å². The van der Waals surface area contributed by atoms with E-state index in [1.807, 2.05) is 15.9 Å². The van der Waals surface area contributed by atoms with Gasteiger partial charge < -0.3 is 20.0 Å². The monoisotopic (exact) mass is 386 g/mol. The summed E-state index contributed by atoms with van der Waals surface area (Å²) >= 11 is 0. The van der Waals surface area contributed by atoms with Crippen LogP contribution in [-0.2, 0) is 4.79 Å². The summed E-state index contributed by atoms with van der Waals surface area (Å²) in [6.45, 7) is 7.92. The van der Waals surface area contributed by atoms with Crippen molar-refractivity contribution in [1.29, 1.82) is 0 Å². The number of nitrogens with one attached hydrogen (secondary N) is 1. The van der Waals surface area contributed by atoms with Crippen molar-refractivity contribution >= 4 is 17.6 Å². The highest BCUT2D eigenvalue weighted by atomic mass is 16.2. The number of hydrogen-bond acceptors (Lipinski definition) is 3. The first-order valence-corrected chi connectivity index (χ1v) is 10.8. The maximum atomic E-state index is 12.5. The first kappa shape index (κ1) is 20.5. The molecule has 2 aliphatic heterocycles. The normalized spacial score (nSPS) is 17.6. The predicted octanol–water partition coefficient (Wildman–Crippen LogP) is 2.95. The summed E-state index contributed by atoms with van der Waals surface area (Å²) in [6, 6.07) is 10.6. The minimum atomic E-state index is 0.0408. The van der Waals surface area contributed by atoms with Gasteiger partial charge >= 0.3 is 6.03 Å². The molecule has 1 aromatic carbocycles. The lowest BCUT2D eigenvalue weighted by atomic mass is 9.96. The van der Waals surface area contributed by atoms with E-state index in [0.29, 0.717) is 19.6 Å². The van der Waals surface area contributed by atoms with E-state index in [0.717, 1.165) is 58.3 Å². The third kappa shape index (κ3) is 5.40. The Morgan fingerprint density at radius 1 is 1.04 bits per heavy atom. The number of anilines is 1. The second kappa shape index (κ2) is 10.3. The van der Waals surface area contributed by atoms with E-state index in [1.54, 1.807) is 0 Å². The molecule has 0 radical (unpaired) electrons. The Kier molecular flexibility index (Phi) is 7.57. The minimum Gasteiger partial charge on any atom is -0.372 e. The maximum Gasteiger partial charge on any atom is 0.319 e. The molecule has 2 saturated heterocycles. The number of likely N-dealkylation sites (tertiary alicyclic amines) is 2. The van der Waals surface area contributed by atoms with E-state index in [2.05, 4.69) is 41.4 Å². The van der Waals surface area contributed by atoms with Crippen LogP contribution in [0.1, 0.15) is 39.0 Å². The van der Waals surface area contributed by atoms with E-state index in [4.69, 9.17) is 0 Å². The molecular formula is C22H34N4O2. The van der Waals surface area contributed by atoms with Gasteiger partial charge in [0.1, 0.15) is 0 Å². The molecule has 6 nitrogen and oxygen atoms in total. The number of nitrogens with zero attached hydrogens (tertiary/aromatic N) is 3. The van der Waals surface area contributed by atoms with E-state index in [-0.39, 0.29) is 17.9 Å². The Balaban J connectivity index is 1.34. The van der Waals surface area contributed by atoms with Gasteiger partial charge in [-0.15, -0.1) is 0 Å². The van der Waals surface area contributed by atoms with Gasteiger partial charge in [-0.1, -0.05) is 18.2 Å². The van der Waals surface area contributed by atoms with Crippen molar-refractivity contribution in [2.24, 2.45) is 5.92 Å².